The van der Waals surface area contributed by atoms with Gasteiger partial charge in [0.25, 0.3) is 0 Å². The molecule has 4 heterocycles. The summed E-state index contributed by atoms with van der Waals surface area (Å²) in [5.74, 6) is 2.45. The smallest absolute Gasteiger partial charge is 0.225 e. The Bertz CT molecular complexity index is 684. The van der Waals surface area contributed by atoms with Gasteiger partial charge in [0.2, 0.25) is 5.95 Å². The molecule has 2 aromatic heterocycles. The minimum Gasteiger partial charge on any atom is -0.381 e. The van der Waals surface area contributed by atoms with E-state index in [1.54, 1.807) is 12.4 Å². The second-order valence-corrected chi connectivity index (χ2v) is 6.75. The Morgan fingerprint density at radius 3 is 2.76 bits per heavy atom. The monoisotopic (exact) mass is 343 g/mol. The second-order valence-electron chi connectivity index (χ2n) is 6.75. The van der Waals surface area contributed by atoms with Crippen LogP contribution in [0, 0.1) is 5.92 Å². The molecule has 1 saturated heterocycles. The van der Waals surface area contributed by atoms with E-state index in [1.807, 2.05) is 12.3 Å². The fourth-order valence-corrected chi connectivity index (χ4v) is 3.63. The Balaban J connectivity index is 1.39. The number of nitrogens with zero attached hydrogens (tertiary/aromatic N) is 5. The average Bonchev–Trinajstić information content (AvgIpc) is 3.08. The molecule has 2 aromatic rings. The zero-order chi connectivity index (χ0) is 17.1. The summed E-state index contributed by atoms with van der Waals surface area (Å²) in [4.78, 5) is 15.6. The summed E-state index contributed by atoms with van der Waals surface area (Å²) >= 11 is 0. The van der Waals surface area contributed by atoms with Crippen molar-refractivity contribution in [2.75, 3.05) is 31.3 Å². The molecule has 134 valence electrons. The quantitative estimate of drug-likeness (QED) is 0.829. The minimum atomic E-state index is 0.153. The van der Waals surface area contributed by atoms with Crippen molar-refractivity contribution < 1.29 is 9.47 Å². The molecule has 0 unspecified atom stereocenters. The Hall–Kier alpha value is -1.99. The van der Waals surface area contributed by atoms with Gasteiger partial charge in [-0.3, -0.25) is 0 Å². The van der Waals surface area contributed by atoms with Crippen LogP contribution in [0.15, 0.2) is 24.7 Å². The summed E-state index contributed by atoms with van der Waals surface area (Å²) in [6.07, 6.45) is 7.73. The van der Waals surface area contributed by atoms with Gasteiger partial charge >= 0.3 is 0 Å². The van der Waals surface area contributed by atoms with E-state index in [0.717, 1.165) is 63.2 Å². The van der Waals surface area contributed by atoms with Crippen LogP contribution in [0.25, 0.3) is 0 Å². The molecule has 25 heavy (non-hydrogen) atoms. The topological polar surface area (TPSA) is 65.3 Å². The maximum Gasteiger partial charge on any atom is 0.225 e. The first-order chi connectivity index (χ1) is 12.3. The maximum absolute atomic E-state index is 5.98. The van der Waals surface area contributed by atoms with Crippen LogP contribution in [0.3, 0.4) is 0 Å². The molecule has 0 bridgehead atoms. The standard InChI is InChI=1S/C18H25N5O2/c1-14-17-21-11-16(13-25-12-15-3-9-24-10-4-15)23(17)8-7-22(14)18-19-5-2-6-20-18/h2,5-6,11,14-15H,3-4,7-10,12-13H2,1H3/t14-/m1/s1. The van der Waals surface area contributed by atoms with Gasteiger partial charge in [0, 0.05) is 38.7 Å². The molecule has 0 radical (unpaired) electrons. The first kappa shape index (κ1) is 16.5. The number of aromatic nitrogens is 4. The Kier molecular flexibility index (Phi) is 4.94. The van der Waals surface area contributed by atoms with Crippen molar-refractivity contribution >= 4 is 5.95 Å². The van der Waals surface area contributed by atoms with E-state index < -0.39 is 0 Å². The highest BCUT2D eigenvalue weighted by atomic mass is 16.5. The third kappa shape index (κ3) is 3.52. The number of fused-ring (bicyclic) bond motifs is 1. The zero-order valence-corrected chi connectivity index (χ0v) is 14.7. The van der Waals surface area contributed by atoms with Gasteiger partial charge in [-0.1, -0.05) is 0 Å². The number of hydrogen-bond acceptors (Lipinski definition) is 6. The minimum absolute atomic E-state index is 0.153. The molecule has 7 nitrogen and oxygen atoms in total. The number of anilines is 1. The van der Waals surface area contributed by atoms with Crippen LogP contribution >= 0.6 is 0 Å². The highest BCUT2D eigenvalue weighted by molar-refractivity contribution is 5.34. The summed E-state index contributed by atoms with van der Waals surface area (Å²) in [7, 11) is 0. The van der Waals surface area contributed by atoms with Crippen LogP contribution in [0.5, 0.6) is 0 Å². The number of rotatable bonds is 5. The van der Waals surface area contributed by atoms with Crippen LogP contribution in [0.4, 0.5) is 5.95 Å². The molecule has 0 aromatic carbocycles. The van der Waals surface area contributed by atoms with Crippen LogP contribution in [0.1, 0.15) is 37.3 Å². The SMILES string of the molecule is C[C@@H]1c2ncc(COCC3CCOCC3)n2CCN1c1ncccn1. The van der Waals surface area contributed by atoms with Gasteiger partial charge < -0.3 is 18.9 Å². The third-order valence-electron chi connectivity index (χ3n) is 5.13. The van der Waals surface area contributed by atoms with Gasteiger partial charge in [-0.25, -0.2) is 15.0 Å². The van der Waals surface area contributed by atoms with E-state index >= 15 is 0 Å². The van der Waals surface area contributed by atoms with Gasteiger partial charge in [0.1, 0.15) is 5.82 Å². The van der Waals surface area contributed by atoms with Crippen molar-refractivity contribution in [1.29, 1.82) is 0 Å². The van der Waals surface area contributed by atoms with Crippen LogP contribution in [0.2, 0.25) is 0 Å². The molecule has 0 aliphatic carbocycles. The van der Waals surface area contributed by atoms with Crippen molar-refractivity contribution in [2.45, 2.75) is 39.0 Å². The largest absolute Gasteiger partial charge is 0.381 e. The first-order valence-electron chi connectivity index (χ1n) is 9.06. The fraction of sp³-hybridized carbons (Fsp3) is 0.611. The molecule has 2 aliphatic rings. The van der Waals surface area contributed by atoms with E-state index in [9.17, 15) is 0 Å². The molecular formula is C18H25N5O2. The van der Waals surface area contributed by atoms with Gasteiger partial charge in [0.15, 0.2) is 0 Å². The van der Waals surface area contributed by atoms with E-state index in [4.69, 9.17) is 9.47 Å². The van der Waals surface area contributed by atoms with E-state index in [0.29, 0.717) is 12.5 Å². The van der Waals surface area contributed by atoms with Crippen LogP contribution in [-0.2, 0) is 22.6 Å². The van der Waals surface area contributed by atoms with Gasteiger partial charge in [-0.2, -0.15) is 0 Å². The summed E-state index contributed by atoms with van der Waals surface area (Å²) in [5, 5.41) is 0. The Labute approximate surface area is 148 Å². The number of ether oxygens (including phenoxy) is 2. The zero-order valence-electron chi connectivity index (χ0n) is 14.7. The third-order valence-corrected chi connectivity index (χ3v) is 5.13. The van der Waals surface area contributed by atoms with Crippen molar-refractivity contribution in [1.82, 2.24) is 19.5 Å². The Morgan fingerprint density at radius 2 is 1.96 bits per heavy atom. The first-order valence-corrected chi connectivity index (χ1v) is 9.06. The molecule has 0 amide bonds. The Morgan fingerprint density at radius 1 is 1.16 bits per heavy atom. The molecule has 1 atom stereocenters. The molecular weight excluding hydrogens is 318 g/mol. The average molecular weight is 343 g/mol. The maximum atomic E-state index is 5.98. The fourth-order valence-electron chi connectivity index (χ4n) is 3.63. The van der Waals surface area contributed by atoms with Crippen LogP contribution in [-0.4, -0.2) is 45.9 Å². The van der Waals surface area contributed by atoms with Crippen molar-refractivity contribution in [3.05, 3.63) is 36.2 Å². The molecule has 2 aliphatic heterocycles. The molecule has 0 saturated carbocycles. The molecule has 1 fully saturated rings. The van der Waals surface area contributed by atoms with E-state index in [2.05, 4.69) is 31.3 Å². The number of imidazole rings is 1. The van der Waals surface area contributed by atoms with Crippen molar-refractivity contribution in [3.63, 3.8) is 0 Å². The van der Waals surface area contributed by atoms with Gasteiger partial charge in [0.05, 0.1) is 31.1 Å². The molecule has 0 spiro atoms. The van der Waals surface area contributed by atoms with E-state index in [1.165, 1.54) is 0 Å². The molecule has 0 N–H and O–H groups in total. The highest BCUT2D eigenvalue weighted by Gasteiger charge is 2.28. The van der Waals surface area contributed by atoms with Gasteiger partial charge in [-0.15, -0.1) is 0 Å². The lowest BCUT2D eigenvalue weighted by Gasteiger charge is -2.34. The summed E-state index contributed by atoms with van der Waals surface area (Å²) in [6, 6.07) is 1.99. The normalized spacial score (nSPS) is 21.3. The van der Waals surface area contributed by atoms with Crippen molar-refractivity contribution in [2.24, 2.45) is 5.92 Å². The lowest BCUT2D eigenvalue weighted by atomic mass is 10.0. The molecule has 7 heteroatoms. The summed E-state index contributed by atoms with van der Waals surface area (Å²) < 4.78 is 13.7. The predicted octanol–water partition coefficient (Wildman–Crippen LogP) is 2.20. The van der Waals surface area contributed by atoms with E-state index in [-0.39, 0.29) is 6.04 Å². The lowest BCUT2D eigenvalue weighted by Crippen LogP contribution is -2.38. The highest BCUT2D eigenvalue weighted by Crippen LogP contribution is 2.28. The lowest BCUT2D eigenvalue weighted by molar-refractivity contribution is 0.0143. The second kappa shape index (κ2) is 7.49. The molecule has 4 rings (SSSR count). The summed E-state index contributed by atoms with van der Waals surface area (Å²) in [5.41, 5.74) is 1.16. The van der Waals surface area contributed by atoms with Gasteiger partial charge in [-0.05, 0) is 31.7 Å². The summed E-state index contributed by atoms with van der Waals surface area (Å²) in [6.45, 7) is 7.08. The predicted molar refractivity (Wildman–Crippen MR) is 93.2 cm³/mol. The number of hydrogen-bond donors (Lipinski definition) is 0. The van der Waals surface area contributed by atoms with Crippen LogP contribution < -0.4 is 4.90 Å². The van der Waals surface area contributed by atoms with Crippen molar-refractivity contribution in [3.8, 4) is 0 Å².